The number of aldehydes is 1. The first-order valence-corrected chi connectivity index (χ1v) is 4.88. The van der Waals surface area contributed by atoms with Crippen LogP contribution in [0, 0.1) is 17.1 Å². The molecular weight excluding hydrogens is 237 g/mol. The maximum Gasteiger partial charge on any atom is 0.170 e. The third-order valence-corrected chi connectivity index (χ3v) is 2.08. The molecule has 0 amide bonds. The number of nitrogens with zero attached hydrogens (tertiary/aromatic N) is 3. The van der Waals surface area contributed by atoms with Gasteiger partial charge in [0.15, 0.2) is 6.29 Å². The van der Waals surface area contributed by atoms with E-state index in [0.717, 1.165) is 13.2 Å². The summed E-state index contributed by atoms with van der Waals surface area (Å²) >= 11 is 0. The molecule has 0 spiro atoms. The van der Waals surface area contributed by atoms with E-state index in [1.54, 1.807) is 0 Å². The van der Waals surface area contributed by atoms with Gasteiger partial charge < -0.3 is 9.67 Å². The zero-order valence-corrected chi connectivity index (χ0v) is 9.54. The predicted molar refractivity (Wildman–Crippen MR) is 61.8 cm³/mol. The van der Waals surface area contributed by atoms with Gasteiger partial charge in [0, 0.05) is 13.3 Å². The van der Waals surface area contributed by atoms with E-state index >= 15 is 0 Å². The van der Waals surface area contributed by atoms with Gasteiger partial charge >= 0.3 is 0 Å². The number of aromatic nitrogens is 2. The van der Waals surface area contributed by atoms with E-state index in [-0.39, 0.29) is 16.9 Å². The zero-order chi connectivity index (χ0) is 13.5. The quantitative estimate of drug-likeness (QED) is 0.811. The van der Waals surface area contributed by atoms with Crippen molar-refractivity contribution in [3.8, 4) is 11.8 Å². The van der Waals surface area contributed by atoms with Crippen molar-refractivity contribution in [3.63, 3.8) is 0 Å². The normalized spacial score (nSPS) is 9.00. The minimum Gasteiger partial charge on any atom is -0.400 e. The standard InChI is InChI=1S/C11H6FN3O.CH4O/c12-10-3-8(4-13)1-2-11(10)15-5-9(6-16)14-7-15;1-2/h1-3,5-7H;2H,1H3. The highest BCUT2D eigenvalue weighted by Crippen LogP contribution is 2.14. The van der Waals surface area contributed by atoms with Gasteiger partial charge in [-0.25, -0.2) is 9.37 Å². The Bertz CT molecular complexity index is 587. The van der Waals surface area contributed by atoms with Crippen LogP contribution in [0.5, 0.6) is 0 Å². The van der Waals surface area contributed by atoms with Gasteiger partial charge in [-0.05, 0) is 18.2 Å². The zero-order valence-electron chi connectivity index (χ0n) is 9.54. The summed E-state index contributed by atoms with van der Waals surface area (Å²) in [6, 6.07) is 5.94. The van der Waals surface area contributed by atoms with Crippen LogP contribution in [0.3, 0.4) is 0 Å². The number of benzene rings is 1. The Morgan fingerprint density at radius 2 is 2.22 bits per heavy atom. The lowest BCUT2D eigenvalue weighted by molar-refractivity contribution is 0.111. The molecule has 0 aliphatic heterocycles. The number of nitriles is 1. The number of hydrogen-bond acceptors (Lipinski definition) is 4. The third-order valence-electron chi connectivity index (χ3n) is 2.08. The minimum absolute atomic E-state index is 0.226. The van der Waals surface area contributed by atoms with E-state index in [9.17, 15) is 9.18 Å². The van der Waals surface area contributed by atoms with Crippen molar-refractivity contribution in [1.29, 1.82) is 5.26 Å². The molecule has 1 heterocycles. The summed E-state index contributed by atoms with van der Waals surface area (Å²) in [6.45, 7) is 0. The molecule has 0 aliphatic carbocycles. The van der Waals surface area contributed by atoms with Gasteiger partial charge in [0.1, 0.15) is 17.8 Å². The SMILES string of the molecule is CO.N#Cc1ccc(-n2cnc(C=O)c2)c(F)c1. The number of imidazole rings is 1. The van der Waals surface area contributed by atoms with Gasteiger partial charge in [-0.15, -0.1) is 0 Å². The van der Waals surface area contributed by atoms with Crippen molar-refractivity contribution in [3.05, 3.63) is 47.8 Å². The van der Waals surface area contributed by atoms with Gasteiger partial charge in [-0.2, -0.15) is 5.26 Å². The molecular formula is C12H10FN3O2. The van der Waals surface area contributed by atoms with E-state index in [2.05, 4.69) is 4.98 Å². The maximum absolute atomic E-state index is 13.5. The topological polar surface area (TPSA) is 78.9 Å². The van der Waals surface area contributed by atoms with Crippen LogP contribution in [0.25, 0.3) is 5.69 Å². The number of hydrogen-bond donors (Lipinski definition) is 1. The van der Waals surface area contributed by atoms with Gasteiger partial charge in [-0.1, -0.05) is 0 Å². The second kappa shape index (κ2) is 6.27. The Morgan fingerprint density at radius 3 is 2.72 bits per heavy atom. The van der Waals surface area contributed by atoms with Crippen LogP contribution in [0.1, 0.15) is 16.1 Å². The number of rotatable bonds is 2. The molecule has 0 radical (unpaired) electrons. The van der Waals surface area contributed by atoms with Crippen LogP contribution >= 0.6 is 0 Å². The lowest BCUT2D eigenvalue weighted by atomic mass is 10.2. The highest BCUT2D eigenvalue weighted by molar-refractivity contribution is 5.71. The highest BCUT2D eigenvalue weighted by atomic mass is 19.1. The van der Waals surface area contributed by atoms with Crippen molar-refractivity contribution in [2.45, 2.75) is 0 Å². The highest BCUT2D eigenvalue weighted by Gasteiger charge is 2.06. The summed E-state index contributed by atoms with van der Waals surface area (Å²) in [5.74, 6) is -0.533. The summed E-state index contributed by atoms with van der Waals surface area (Å²) in [6.07, 6.45) is 3.34. The molecule has 0 bridgehead atoms. The molecule has 0 aliphatic rings. The molecule has 0 unspecified atom stereocenters. The van der Waals surface area contributed by atoms with Crippen LogP contribution in [0.4, 0.5) is 4.39 Å². The molecule has 0 saturated heterocycles. The van der Waals surface area contributed by atoms with Gasteiger partial charge in [0.05, 0.1) is 17.3 Å². The van der Waals surface area contributed by atoms with Gasteiger partial charge in [-0.3, -0.25) is 4.79 Å². The molecule has 1 aromatic carbocycles. The molecule has 6 heteroatoms. The maximum atomic E-state index is 13.5. The van der Waals surface area contributed by atoms with Crippen LogP contribution < -0.4 is 0 Å². The summed E-state index contributed by atoms with van der Waals surface area (Å²) in [4.78, 5) is 14.2. The van der Waals surface area contributed by atoms with Crippen LogP contribution in [-0.4, -0.2) is 28.1 Å². The van der Waals surface area contributed by atoms with Crippen LogP contribution in [0.2, 0.25) is 0 Å². The van der Waals surface area contributed by atoms with E-state index < -0.39 is 5.82 Å². The Kier molecular flexibility index (Phi) is 4.72. The first kappa shape index (κ1) is 13.5. The third kappa shape index (κ3) is 2.78. The molecule has 18 heavy (non-hydrogen) atoms. The summed E-state index contributed by atoms with van der Waals surface area (Å²) < 4.78 is 14.9. The van der Waals surface area contributed by atoms with E-state index in [4.69, 9.17) is 10.4 Å². The summed E-state index contributed by atoms with van der Waals surface area (Å²) in [5, 5.41) is 15.6. The molecule has 0 fully saturated rings. The molecule has 2 rings (SSSR count). The van der Waals surface area contributed by atoms with Gasteiger partial charge in [0.2, 0.25) is 0 Å². The Labute approximate surface area is 103 Å². The minimum atomic E-state index is -0.533. The monoisotopic (exact) mass is 247 g/mol. The molecule has 0 atom stereocenters. The Hall–Kier alpha value is -2.52. The first-order chi connectivity index (χ1) is 8.74. The van der Waals surface area contributed by atoms with Crippen molar-refractivity contribution < 1.29 is 14.3 Å². The van der Waals surface area contributed by atoms with E-state index in [1.807, 2.05) is 6.07 Å². The van der Waals surface area contributed by atoms with Crippen LogP contribution in [0.15, 0.2) is 30.7 Å². The summed E-state index contributed by atoms with van der Waals surface area (Å²) in [7, 11) is 1.00. The van der Waals surface area contributed by atoms with Crippen molar-refractivity contribution >= 4 is 6.29 Å². The predicted octanol–water partition coefficient (Wildman–Crippen LogP) is 1.30. The Balaban J connectivity index is 0.000000771. The number of aliphatic hydroxyl groups is 1. The van der Waals surface area contributed by atoms with Crippen molar-refractivity contribution in [1.82, 2.24) is 9.55 Å². The lowest BCUT2D eigenvalue weighted by Gasteiger charge is -2.03. The van der Waals surface area contributed by atoms with E-state index in [1.165, 1.54) is 29.2 Å². The van der Waals surface area contributed by atoms with Gasteiger partial charge in [0.25, 0.3) is 0 Å². The largest absolute Gasteiger partial charge is 0.400 e. The fraction of sp³-hybridized carbons (Fsp3) is 0.0833. The smallest absolute Gasteiger partial charge is 0.170 e. The second-order valence-corrected chi connectivity index (χ2v) is 3.10. The molecule has 1 aromatic heterocycles. The van der Waals surface area contributed by atoms with Crippen molar-refractivity contribution in [2.75, 3.05) is 7.11 Å². The Morgan fingerprint density at radius 1 is 1.50 bits per heavy atom. The summed E-state index contributed by atoms with van der Waals surface area (Å²) in [5.41, 5.74) is 0.723. The molecule has 92 valence electrons. The average molecular weight is 247 g/mol. The number of aliphatic hydroxyl groups excluding tert-OH is 1. The molecule has 2 aromatic rings. The number of carbonyl (C=O) groups is 1. The molecule has 5 nitrogen and oxygen atoms in total. The fourth-order valence-electron chi connectivity index (χ4n) is 1.32. The average Bonchev–Trinajstić information content (AvgIpc) is 2.89. The first-order valence-electron chi connectivity index (χ1n) is 4.88. The number of halogens is 1. The lowest BCUT2D eigenvalue weighted by Crippen LogP contribution is -1.95. The van der Waals surface area contributed by atoms with E-state index in [0.29, 0.717) is 6.29 Å². The fourth-order valence-corrected chi connectivity index (χ4v) is 1.32. The molecule has 0 saturated carbocycles. The molecule has 1 N–H and O–H groups in total. The number of carbonyl (C=O) groups excluding carboxylic acids is 1. The second-order valence-electron chi connectivity index (χ2n) is 3.10. The van der Waals surface area contributed by atoms with Crippen molar-refractivity contribution in [2.24, 2.45) is 0 Å². The van der Waals surface area contributed by atoms with Crippen LogP contribution in [-0.2, 0) is 0 Å².